The molecule has 1 aliphatic rings. The second kappa shape index (κ2) is 7.69. The van der Waals surface area contributed by atoms with E-state index in [-0.39, 0.29) is 5.91 Å². The third-order valence-electron chi connectivity index (χ3n) is 6.43. The monoisotopic (exact) mass is 413 g/mol. The third-order valence-corrected chi connectivity index (χ3v) is 6.43. The molecule has 0 unspecified atom stereocenters. The van der Waals surface area contributed by atoms with Gasteiger partial charge in [-0.3, -0.25) is 9.36 Å². The molecule has 6 nitrogen and oxygen atoms in total. The normalized spacial score (nSPS) is 13.6. The van der Waals surface area contributed by atoms with Crippen LogP contribution in [0.5, 0.6) is 0 Å². The molecule has 5 rings (SSSR count). The van der Waals surface area contributed by atoms with Gasteiger partial charge in [0.15, 0.2) is 5.82 Å². The third kappa shape index (κ3) is 3.23. The van der Waals surface area contributed by atoms with Crippen LogP contribution in [0.1, 0.15) is 46.2 Å². The number of rotatable bonds is 4. The number of carbonyl (C=O) groups is 1. The molecule has 0 amide bonds. The second-order valence-corrected chi connectivity index (χ2v) is 8.30. The summed E-state index contributed by atoms with van der Waals surface area (Å²) in [7, 11) is 0. The predicted molar refractivity (Wildman–Crippen MR) is 123 cm³/mol. The van der Waals surface area contributed by atoms with Crippen LogP contribution in [-0.2, 0) is 19.5 Å². The van der Waals surface area contributed by atoms with E-state index in [1.54, 1.807) is 12.4 Å². The van der Waals surface area contributed by atoms with E-state index in [9.17, 15) is 4.79 Å². The van der Waals surface area contributed by atoms with E-state index in [1.807, 2.05) is 6.07 Å². The van der Waals surface area contributed by atoms with Crippen LogP contribution < -0.4 is 4.90 Å². The van der Waals surface area contributed by atoms with Crippen molar-refractivity contribution in [2.45, 2.75) is 46.7 Å². The Labute approximate surface area is 182 Å². The Morgan fingerprint density at radius 1 is 1.16 bits per heavy atom. The first kappa shape index (κ1) is 19.5. The predicted octanol–water partition coefficient (Wildman–Crippen LogP) is 4.51. The lowest BCUT2D eigenvalue weighted by Gasteiger charge is -2.31. The number of anilines is 1. The quantitative estimate of drug-likeness (QED) is 0.494. The van der Waals surface area contributed by atoms with Crippen molar-refractivity contribution >= 4 is 22.6 Å². The van der Waals surface area contributed by atoms with Crippen LogP contribution in [0.15, 0.2) is 49.1 Å². The summed E-state index contributed by atoms with van der Waals surface area (Å²) in [5.41, 5.74) is 6.78. The number of fused-ring (bicyclic) bond motifs is 2. The summed E-state index contributed by atoms with van der Waals surface area (Å²) in [6.45, 7) is 9.13. The molecule has 0 saturated carbocycles. The van der Waals surface area contributed by atoms with Crippen LogP contribution in [0.3, 0.4) is 0 Å². The van der Waals surface area contributed by atoms with E-state index in [0.717, 1.165) is 49.2 Å². The average Bonchev–Trinajstić information content (AvgIpc) is 3.42. The molecule has 4 aromatic rings. The van der Waals surface area contributed by atoms with Gasteiger partial charge in [-0.25, -0.2) is 9.97 Å². The van der Waals surface area contributed by atoms with Gasteiger partial charge in [-0.2, -0.15) is 0 Å². The van der Waals surface area contributed by atoms with Gasteiger partial charge in [-0.05, 0) is 49.4 Å². The van der Waals surface area contributed by atoms with Crippen LogP contribution in [-0.4, -0.2) is 31.6 Å². The smallest absolute Gasteiger partial charge is 0.281 e. The van der Waals surface area contributed by atoms with Crippen molar-refractivity contribution in [3.05, 3.63) is 77.1 Å². The van der Waals surface area contributed by atoms with Crippen LogP contribution in [0.4, 0.5) is 5.82 Å². The van der Waals surface area contributed by atoms with Gasteiger partial charge < -0.3 is 9.47 Å². The molecule has 0 atom stereocenters. The van der Waals surface area contributed by atoms with Crippen molar-refractivity contribution in [2.24, 2.45) is 0 Å². The number of pyridine rings is 1. The molecule has 1 aliphatic heterocycles. The number of hydrogen-bond donors (Lipinski definition) is 0. The van der Waals surface area contributed by atoms with E-state index in [4.69, 9.17) is 4.98 Å². The number of nitrogens with zero attached hydrogens (tertiary/aromatic N) is 5. The van der Waals surface area contributed by atoms with Gasteiger partial charge in [0.1, 0.15) is 12.0 Å². The highest BCUT2D eigenvalue weighted by Crippen LogP contribution is 2.35. The molecular weight excluding hydrogens is 386 g/mol. The van der Waals surface area contributed by atoms with Crippen molar-refractivity contribution < 1.29 is 4.79 Å². The van der Waals surface area contributed by atoms with Crippen LogP contribution in [0, 0.1) is 13.8 Å². The standard InChI is InChI=1S/C25H27N5O/c1-4-11-30-18(3)17(2)21-14-22(25(31)29-13-10-26-16-29)27-24(23(21)30)28-12-9-19-7-5-6-8-20(19)15-28/h5-8,10,13-14,16H,4,9,11-12,15H2,1-3H3. The largest absolute Gasteiger partial charge is 0.350 e. The zero-order valence-corrected chi connectivity index (χ0v) is 18.3. The highest BCUT2D eigenvalue weighted by Gasteiger charge is 2.25. The number of hydrogen-bond acceptors (Lipinski definition) is 4. The molecule has 1 aromatic carbocycles. The molecule has 0 spiro atoms. The lowest BCUT2D eigenvalue weighted by atomic mass is 10.00. The molecule has 3 aromatic heterocycles. The summed E-state index contributed by atoms with van der Waals surface area (Å²) in [6.07, 6.45) is 6.84. The van der Waals surface area contributed by atoms with Gasteiger partial charge in [-0.1, -0.05) is 31.2 Å². The highest BCUT2D eigenvalue weighted by atomic mass is 16.2. The fraction of sp³-hybridized carbons (Fsp3) is 0.320. The average molecular weight is 414 g/mol. The summed E-state index contributed by atoms with van der Waals surface area (Å²) in [6, 6.07) is 10.6. The zero-order valence-electron chi connectivity index (χ0n) is 18.3. The maximum absolute atomic E-state index is 13.1. The minimum absolute atomic E-state index is 0.154. The van der Waals surface area contributed by atoms with E-state index >= 15 is 0 Å². The van der Waals surface area contributed by atoms with Crippen molar-refractivity contribution in [1.29, 1.82) is 0 Å². The Hall–Kier alpha value is -3.41. The first-order chi connectivity index (χ1) is 15.1. The summed E-state index contributed by atoms with van der Waals surface area (Å²) in [5, 5.41) is 1.11. The van der Waals surface area contributed by atoms with E-state index < -0.39 is 0 Å². The fourth-order valence-corrected chi connectivity index (χ4v) is 4.66. The van der Waals surface area contributed by atoms with Crippen molar-refractivity contribution in [3.63, 3.8) is 0 Å². The lowest BCUT2D eigenvalue weighted by molar-refractivity contribution is 0.0955. The van der Waals surface area contributed by atoms with Crippen LogP contribution >= 0.6 is 0 Å². The molecule has 158 valence electrons. The first-order valence-corrected chi connectivity index (χ1v) is 10.9. The molecule has 0 bridgehead atoms. The Morgan fingerprint density at radius 2 is 1.97 bits per heavy atom. The molecular formula is C25H27N5O. The number of carbonyl (C=O) groups excluding carboxylic acids is 1. The van der Waals surface area contributed by atoms with Crippen molar-refractivity contribution in [2.75, 3.05) is 11.4 Å². The Bertz CT molecular complexity index is 1270. The maximum atomic E-state index is 13.1. The lowest BCUT2D eigenvalue weighted by Crippen LogP contribution is -2.32. The van der Waals surface area contributed by atoms with Gasteiger partial charge >= 0.3 is 0 Å². The van der Waals surface area contributed by atoms with Gasteiger partial charge in [0.05, 0.1) is 5.52 Å². The van der Waals surface area contributed by atoms with E-state index in [0.29, 0.717) is 5.69 Å². The van der Waals surface area contributed by atoms with Gasteiger partial charge in [0.25, 0.3) is 5.91 Å². The van der Waals surface area contributed by atoms with Crippen LogP contribution in [0.25, 0.3) is 10.9 Å². The molecule has 0 aliphatic carbocycles. The SMILES string of the molecule is CCCn1c(C)c(C)c2cc(C(=O)n3ccnc3)nc(N3CCc4ccccc4C3)c21. The molecule has 4 heterocycles. The molecule has 0 fully saturated rings. The second-order valence-electron chi connectivity index (χ2n) is 8.30. The molecule has 0 radical (unpaired) electrons. The van der Waals surface area contributed by atoms with Gasteiger partial charge in [-0.15, -0.1) is 0 Å². The summed E-state index contributed by atoms with van der Waals surface area (Å²) >= 11 is 0. The van der Waals surface area contributed by atoms with Crippen molar-refractivity contribution in [3.8, 4) is 0 Å². The number of imidazole rings is 1. The maximum Gasteiger partial charge on any atom is 0.281 e. The number of benzene rings is 1. The molecule has 6 heteroatoms. The van der Waals surface area contributed by atoms with Crippen molar-refractivity contribution in [1.82, 2.24) is 19.1 Å². The Morgan fingerprint density at radius 3 is 2.71 bits per heavy atom. The van der Waals surface area contributed by atoms with E-state index in [1.165, 1.54) is 33.3 Å². The van der Waals surface area contributed by atoms with Crippen LogP contribution in [0.2, 0.25) is 0 Å². The van der Waals surface area contributed by atoms with Gasteiger partial charge in [0, 0.05) is 43.1 Å². The minimum atomic E-state index is -0.154. The Kier molecular flexibility index (Phi) is 4.85. The zero-order chi connectivity index (χ0) is 21.5. The minimum Gasteiger partial charge on any atom is -0.350 e. The topological polar surface area (TPSA) is 56.0 Å². The fourth-order valence-electron chi connectivity index (χ4n) is 4.66. The number of aromatic nitrogens is 4. The summed E-state index contributed by atoms with van der Waals surface area (Å²) < 4.78 is 3.87. The Balaban J connectivity index is 1.71. The van der Waals surface area contributed by atoms with Gasteiger partial charge in [0.2, 0.25) is 0 Å². The highest BCUT2D eigenvalue weighted by molar-refractivity contribution is 6.02. The first-order valence-electron chi connectivity index (χ1n) is 10.9. The number of aryl methyl sites for hydroxylation is 2. The molecule has 0 saturated heterocycles. The molecule has 0 N–H and O–H groups in total. The summed E-state index contributed by atoms with van der Waals surface area (Å²) in [5.74, 6) is 0.749. The van der Waals surface area contributed by atoms with E-state index in [2.05, 4.69) is 59.5 Å². The molecule has 31 heavy (non-hydrogen) atoms. The summed E-state index contributed by atoms with van der Waals surface area (Å²) in [4.78, 5) is 24.5.